The standard InChI is InChI=1S/C5H4BrNO2S/c1-9-5(8)3-2-4(6)10-7-3/h2H,1H3. The molecule has 54 valence electrons. The Balaban J connectivity index is 2.85. The van der Waals surface area contributed by atoms with Crippen LogP contribution in [0, 0.1) is 0 Å². The molecule has 0 N–H and O–H groups in total. The molecule has 0 amide bonds. The van der Waals surface area contributed by atoms with Gasteiger partial charge in [-0.3, -0.25) is 0 Å². The molecule has 0 aliphatic carbocycles. The van der Waals surface area contributed by atoms with E-state index in [0.29, 0.717) is 5.69 Å². The number of rotatable bonds is 1. The summed E-state index contributed by atoms with van der Waals surface area (Å²) in [6.45, 7) is 0. The number of aromatic nitrogens is 1. The van der Waals surface area contributed by atoms with Crippen molar-refractivity contribution in [2.24, 2.45) is 0 Å². The van der Waals surface area contributed by atoms with Gasteiger partial charge >= 0.3 is 5.97 Å². The number of hydrogen-bond acceptors (Lipinski definition) is 4. The van der Waals surface area contributed by atoms with Crippen LogP contribution in [0.4, 0.5) is 0 Å². The first kappa shape index (κ1) is 7.68. The molecular formula is C5H4BrNO2S. The van der Waals surface area contributed by atoms with Gasteiger partial charge in [-0.2, -0.15) is 4.37 Å². The highest BCUT2D eigenvalue weighted by Gasteiger charge is 2.08. The monoisotopic (exact) mass is 221 g/mol. The molecule has 1 heterocycles. The molecule has 0 aliphatic heterocycles. The third-order valence-corrected chi connectivity index (χ3v) is 2.12. The van der Waals surface area contributed by atoms with Crippen LogP contribution >= 0.6 is 27.5 Å². The Morgan fingerprint density at radius 1 is 1.90 bits per heavy atom. The molecule has 0 radical (unpaired) electrons. The van der Waals surface area contributed by atoms with Crippen molar-refractivity contribution >= 4 is 33.4 Å². The van der Waals surface area contributed by atoms with Crippen LogP contribution in [-0.4, -0.2) is 17.5 Å². The first-order valence-electron chi connectivity index (χ1n) is 2.44. The van der Waals surface area contributed by atoms with Crippen molar-refractivity contribution in [1.82, 2.24) is 4.37 Å². The van der Waals surface area contributed by atoms with Gasteiger partial charge in [-0.1, -0.05) is 0 Å². The molecule has 0 saturated carbocycles. The smallest absolute Gasteiger partial charge is 0.357 e. The molecule has 0 bridgehead atoms. The Labute approximate surface area is 70.3 Å². The molecular weight excluding hydrogens is 218 g/mol. The molecule has 0 atom stereocenters. The molecule has 0 spiro atoms. The predicted molar refractivity (Wildman–Crippen MR) is 41.2 cm³/mol. The Hall–Kier alpha value is -0.420. The van der Waals surface area contributed by atoms with Crippen LogP contribution in [0.5, 0.6) is 0 Å². The van der Waals surface area contributed by atoms with Gasteiger partial charge < -0.3 is 4.74 Å². The van der Waals surface area contributed by atoms with Crippen LogP contribution in [-0.2, 0) is 4.74 Å². The number of methoxy groups -OCH3 is 1. The molecule has 0 aliphatic rings. The van der Waals surface area contributed by atoms with Crippen LogP contribution in [0.3, 0.4) is 0 Å². The quantitative estimate of drug-likeness (QED) is 0.678. The van der Waals surface area contributed by atoms with E-state index in [1.165, 1.54) is 18.6 Å². The van der Waals surface area contributed by atoms with Crippen molar-refractivity contribution in [3.63, 3.8) is 0 Å². The molecule has 1 aromatic heterocycles. The molecule has 0 aromatic carbocycles. The fourth-order valence-electron chi connectivity index (χ4n) is 0.454. The number of hydrogen-bond donors (Lipinski definition) is 0. The molecule has 3 nitrogen and oxygen atoms in total. The summed E-state index contributed by atoms with van der Waals surface area (Å²) in [6.07, 6.45) is 0. The SMILES string of the molecule is COC(=O)c1cc(Br)sn1. The van der Waals surface area contributed by atoms with Crippen molar-refractivity contribution < 1.29 is 9.53 Å². The highest BCUT2D eigenvalue weighted by Crippen LogP contribution is 2.16. The van der Waals surface area contributed by atoms with Gasteiger partial charge in [-0.05, 0) is 33.5 Å². The number of carbonyl (C=O) groups is 1. The number of nitrogens with zero attached hydrogens (tertiary/aromatic N) is 1. The minimum Gasteiger partial charge on any atom is -0.464 e. The fraction of sp³-hybridized carbons (Fsp3) is 0.200. The lowest BCUT2D eigenvalue weighted by Crippen LogP contribution is -2.00. The van der Waals surface area contributed by atoms with Crippen LogP contribution in [0.2, 0.25) is 0 Å². The molecule has 5 heteroatoms. The zero-order valence-corrected chi connectivity index (χ0v) is 7.53. The third kappa shape index (κ3) is 1.54. The Bertz CT molecular complexity index is 248. The largest absolute Gasteiger partial charge is 0.464 e. The van der Waals surface area contributed by atoms with Gasteiger partial charge in [0.25, 0.3) is 0 Å². The summed E-state index contributed by atoms with van der Waals surface area (Å²) in [6, 6.07) is 1.62. The lowest BCUT2D eigenvalue weighted by molar-refractivity contribution is 0.0595. The van der Waals surface area contributed by atoms with E-state index in [-0.39, 0.29) is 0 Å². The minimum absolute atomic E-state index is 0.347. The fourth-order valence-corrected chi connectivity index (χ4v) is 1.36. The van der Waals surface area contributed by atoms with Gasteiger partial charge in [0.15, 0.2) is 5.69 Å². The normalized spacial score (nSPS) is 9.40. The molecule has 1 aromatic rings. The summed E-state index contributed by atoms with van der Waals surface area (Å²) < 4.78 is 9.07. The summed E-state index contributed by atoms with van der Waals surface area (Å²) in [5.41, 5.74) is 0.347. The van der Waals surface area contributed by atoms with E-state index in [2.05, 4.69) is 25.0 Å². The van der Waals surface area contributed by atoms with Crippen LogP contribution in [0.15, 0.2) is 9.85 Å². The maximum absolute atomic E-state index is 10.7. The molecule has 0 unspecified atom stereocenters. The lowest BCUT2D eigenvalue weighted by Gasteiger charge is -1.89. The second-order valence-electron chi connectivity index (χ2n) is 1.51. The van der Waals surface area contributed by atoms with Gasteiger partial charge in [0.05, 0.1) is 10.9 Å². The third-order valence-electron chi connectivity index (χ3n) is 0.876. The second-order valence-corrected chi connectivity index (χ2v) is 3.69. The van der Waals surface area contributed by atoms with Crippen LogP contribution < -0.4 is 0 Å². The van der Waals surface area contributed by atoms with E-state index in [9.17, 15) is 4.79 Å². The van der Waals surface area contributed by atoms with Gasteiger partial charge in [-0.25, -0.2) is 4.79 Å². The topological polar surface area (TPSA) is 39.2 Å². The van der Waals surface area contributed by atoms with Crippen molar-refractivity contribution in [2.45, 2.75) is 0 Å². The molecule has 1 rings (SSSR count). The van der Waals surface area contributed by atoms with Crippen LogP contribution in [0.25, 0.3) is 0 Å². The van der Waals surface area contributed by atoms with E-state index in [1.807, 2.05) is 0 Å². The summed E-state index contributed by atoms with van der Waals surface area (Å²) in [5.74, 6) is -0.401. The number of halogens is 1. The maximum Gasteiger partial charge on any atom is 0.357 e. The maximum atomic E-state index is 10.7. The zero-order chi connectivity index (χ0) is 7.56. The van der Waals surface area contributed by atoms with Gasteiger partial charge in [0.2, 0.25) is 0 Å². The Morgan fingerprint density at radius 3 is 3.00 bits per heavy atom. The molecule has 10 heavy (non-hydrogen) atoms. The molecule has 0 fully saturated rings. The number of carbonyl (C=O) groups excluding carboxylic acids is 1. The van der Waals surface area contributed by atoms with Crippen LogP contribution in [0.1, 0.15) is 10.5 Å². The Morgan fingerprint density at radius 2 is 2.60 bits per heavy atom. The average molecular weight is 222 g/mol. The van der Waals surface area contributed by atoms with Crippen molar-refractivity contribution in [2.75, 3.05) is 7.11 Å². The summed E-state index contributed by atoms with van der Waals surface area (Å²) in [7, 11) is 1.33. The first-order chi connectivity index (χ1) is 4.74. The lowest BCUT2D eigenvalue weighted by atomic mass is 10.4. The van der Waals surface area contributed by atoms with Crippen molar-refractivity contribution in [1.29, 1.82) is 0 Å². The second kappa shape index (κ2) is 3.12. The summed E-state index contributed by atoms with van der Waals surface area (Å²) in [5, 5.41) is 0. The van der Waals surface area contributed by atoms with Gasteiger partial charge in [0, 0.05) is 0 Å². The van der Waals surface area contributed by atoms with E-state index in [4.69, 9.17) is 0 Å². The van der Waals surface area contributed by atoms with Gasteiger partial charge in [0.1, 0.15) is 0 Å². The summed E-state index contributed by atoms with van der Waals surface area (Å²) >= 11 is 4.39. The number of ether oxygens (including phenoxy) is 1. The zero-order valence-electron chi connectivity index (χ0n) is 5.13. The predicted octanol–water partition coefficient (Wildman–Crippen LogP) is 1.69. The van der Waals surface area contributed by atoms with E-state index in [1.54, 1.807) is 6.07 Å². The highest BCUT2D eigenvalue weighted by molar-refractivity contribution is 9.11. The van der Waals surface area contributed by atoms with E-state index >= 15 is 0 Å². The minimum atomic E-state index is -0.401. The highest BCUT2D eigenvalue weighted by atomic mass is 79.9. The van der Waals surface area contributed by atoms with Crippen molar-refractivity contribution in [3.05, 3.63) is 15.5 Å². The number of esters is 1. The summed E-state index contributed by atoms with van der Waals surface area (Å²) in [4.78, 5) is 10.7. The van der Waals surface area contributed by atoms with Crippen molar-refractivity contribution in [3.8, 4) is 0 Å². The Kier molecular flexibility index (Phi) is 2.39. The van der Waals surface area contributed by atoms with E-state index in [0.717, 1.165) is 3.79 Å². The first-order valence-corrected chi connectivity index (χ1v) is 4.01. The average Bonchev–Trinajstić information content (AvgIpc) is 2.34. The molecule has 0 saturated heterocycles. The van der Waals surface area contributed by atoms with E-state index < -0.39 is 5.97 Å². The van der Waals surface area contributed by atoms with Gasteiger partial charge in [-0.15, -0.1) is 0 Å².